The van der Waals surface area contributed by atoms with Crippen molar-refractivity contribution in [2.75, 3.05) is 45.3 Å². The Kier molecular flexibility index (Phi) is 6.23. The number of ketones is 1. The van der Waals surface area contributed by atoms with Gasteiger partial charge in [0.25, 0.3) is 5.91 Å². The first-order valence-corrected chi connectivity index (χ1v) is 12.9. The van der Waals surface area contributed by atoms with Crippen molar-refractivity contribution in [1.82, 2.24) is 9.88 Å². The molecule has 3 aromatic rings. The molecule has 0 bridgehead atoms. The molecule has 5 rings (SSSR count). The van der Waals surface area contributed by atoms with Gasteiger partial charge in [-0.3, -0.25) is 14.6 Å². The average Bonchev–Trinajstić information content (AvgIpc) is 3.23. The van der Waals surface area contributed by atoms with Crippen molar-refractivity contribution in [2.45, 2.75) is 26.7 Å². The quantitative estimate of drug-likeness (QED) is 0.506. The van der Waals surface area contributed by atoms with E-state index in [0.29, 0.717) is 25.2 Å². The summed E-state index contributed by atoms with van der Waals surface area (Å²) in [5.74, 6) is 0.205. The van der Waals surface area contributed by atoms with Crippen molar-refractivity contribution in [3.63, 3.8) is 0 Å². The SMILES string of the molecule is CN(C)C(=O)c1cccc(-c2cc(-c3c(N4CCOCC4)sc4c3CC(C)(C)CC4=O)ccn2)c1. The van der Waals surface area contributed by atoms with Gasteiger partial charge >= 0.3 is 0 Å². The van der Waals surface area contributed by atoms with E-state index >= 15 is 0 Å². The minimum absolute atomic E-state index is 0.0368. The van der Waals surface area contributed by atoms with Crippen molar-refractivity contribution < 1.29 is 14.3 Å². The Bertz CT molecular complexity index is 1290. The Morgan fingerprint density at radius 3 is 2.60 bits per heavy atom. The number of carbonyl (C=O) groups excluding carboxylic acids is 2. The first-order chi connectivity index (χ1) is 16.7. The molecule has 35 heavy (non-hydrogen) atoms. The van der Waals surface area contributed by atoms with E-state index in [9.17, 15) is 9.59 Å². The smallest absolute Gasteiger partial charge is 0.253 e. The molecular formula is C28H31N3O3S. The summed E-state index contributed by atoms with van der Waals surface area (Å²) >= 11 is 1.63. The lowest BCUT2D eigenvalue weighted by Gasteiger charge is -2.30. The van der Waals surface area contributed by atoms with Crippen LogP contribution >= 0.6 is 11.3 Å². The second-order valence-corrected chi connectivity index (χ2v) is 11.3. The molecule has 7 heteroatoms. The molecule has 1 aliphatic heterocycles. The molecule has 1 aliphatic carbocycles. The molecule has 0 atom stereocenters. The molecule has 0 spiro atoms. The predicted molar refractivity (Wildman–Crippen MR) is 140 cm³/mol. The summed E-state index contributed by atoms with van der Waals surface area (Å²) in [4.78, 5) is 35.1. The standard InChI is InChI=1S/C28H31N3O3S/c1-28(2)16-21-24(27(31-10-12-34-13-11-31)35-25(21)23(32)17-28)19-8-9-29-22(15-19)18-6-5-7-20(14-18)26(33)30(3)4/h5-9,14-15H,10-13,16-17H2,1-4H3. The van der Waals surface area contributed by atoms with E-state index in [-0.39, 0.29) is 17.1 Å². The van der Waals surface area contributed by atoms with Gasteiger partial charge in [0.1, 0.15) is 0 Å². The first kappa shape index (κ1) is 23.7. The summed E-state index contributed by atoms with van der Waals surface area (Å²) in [6.07, 6.45) is 3.28. The highest BCUT2D eigenvalue weighted by molar-refractivity contribution is 7.19. The number of hydrogen-bond donors (Lipinski definition) is 0. The van der Waals surface area contributed by atoms with Crippen LogP contribution in [0.5, 0.6) is 0 Å². The zero-order valence-electron chi connectivity index (χ0n) is 20.8. The number of aromatic nitrogens is 1. The van der Waals surface area contributed by atoms with Gasteiger partial charge in [-0.15, -0.1) is 11.3 Å². The van der Waals surface area contributed by atoms with Gasteiger partial charge < -0.3 is 14.5 Å². The third kappa shape index (κ3) is 4.62. The number of carbonyl (C=O) groups is 2. The van der Waals surface area contributed by atoms with Crippen LogP contribution in [0, 0.1) is 5.41 Å². The van der Waals surface area contributed by atoms with E-state index in [0.717, 1.165) is 57.3 Å². The Morgan fingerprint density at radius 2 is 1.86 bits per heavy atom. The van der Waals surface area contributed by atoms with Crippen LogP contribution in [0.15, 0.2) is 42.6 Å². The van der Waals surface area contributed by atoms with Gasteiger partial charge in [0.2, 0.25) is 0 Å². The van der Waals surface area contributed by atoms with Gasteiger partial charge in [-0.05, 0) is 47.2 Å². The highest BCUT2D eigenvalue weighted by atomic mass is 32.1. The number of thiophene rings is 1. The molecular weight excluding hydrogens is 458 g/mol. The molecule has 0 unspecified atom stereocenters. The van der Waals surface area contributed by atoms with E-state index in [1.54, 1.807) is 30.3 Å². The van der Waals surface area contributed by atoms with Crippen LogP contribution in [0.2, 0.25) is 0 Å². The molecule has 1 amide bonds. The highest BCUT2D eigenvalue weighted by Crippen LogP contribution is 2.49. The maximum absolute atomic E-state index is 13.1. The van der Waals surface area contributed by atoms with Crippen LogP contribution in [0.25, 0.3) is 22.4 Å². The number of ether oxygens (including phenoxy) is 1. The van der Waals surface area contributed by atoms with Crippen molar-refractivity contribution in [1.29, 1.82) is 0 Å². The molecule has 6 nitrogen and oxygen atoms in total. The lowest BCUT2D eigenvalue weighted by Crippen LogP contribution is -2.36. The zero-order chi connectivity index (χ0) is 24.7. The number of nitrogens with zero attached hydrogens (tertiary/aromatic N) is 3. The summed E-state index contributed by atoms with van der Waals surface area (Å²) in [5.41, 5.74) is 5.64. The minimum atomic E-state index is -0.0705. The number of fused-ring (bicyclic) bond motifs is 1. The molecule has 2 aliphatic rings. The third-order valence-corrected chi connectivity index (χ3v) is 8.03. The molecule has 1 saturated heterocycles. The van der Waals surface area contributed by atoms with Gasteiger partial charge in [0.05, 0.1) is 28.8 Å². The van der Waals surface area contributed by atoms with E-state index in [1.165, 1.54) is 0 Å². The average molecular weight is 490 g/mol. The molecule has 0 N–H and O–H groups in total. The normalized spacial score (nSPS) is 17.3. The lowest BCUT2D eigenvalue weighted by atomic mass is 9.75. The zero-order valence-corrected chi connectivity index (χ0v) is 21.6. The molecule has 3 heterocycles. The van der Waals surface area contributed by atoms with E-state index in [1.807, 2.05) is 36.5 Å². The first-order valence-electron chi connectivity index (χ1n) is 12.0. The third-order valence-electron chi connectivity index (χ3n) is 6.69. The van der Waals surface area contributed by atoms with Crippen LogP contribution < -0.4 is 4.90 Å². The van der Waals surface area contributed by atoms with Crippen LogP contribution in [-0.2, 0) is 11.2 Å². The fourth-order valence-corrected chi connectivity index (χ4v) is 6.33. The summed E-state index contributed by atoms with van der Waals surface area (Å²) in [6, 6.07) is 11.7. The number of benzene rings is 1. The fourth-order valence-electron chi connectivity index (χ4n) is 5.00. The van der Waals surface area contributed by atoms with Crippen LogP contribution in [0.3, 0.4) is 0 Å². The largest absolute Gasteiger partial charge is 0.378 e. The van der Waals surface area contributed by atoms with Crippen LogP contribution in [0.4, 0.5) is 5.00 Å². The Balaban J connectivity index is 1.63. The number of amides is 1. The van der Waals surface area contributed by atoms with Gasteiger partial charge in [-0.25, -0.2) is 0 Å². The number of rotatable bonds is 4. The summed E-state index contributed by atoms with van der Waals surface area (Å²) in [7, 11) is 3.51. The number of hydrogen-bond acceptors (Lipinski definition) is 6. The second kappa shape index (κ2) is 9.21. The second-order valence-electron chi connectivity index (χ2n) is 10.3. The summed E-state index contributed by atoms with van der Waals surface area (Å²) in [6.45, 7) is 7.36. The number of anilines is 1. The lowest BCUT2D eigenvalue weighted by molar-refractivity contribution is 0.0827. The van der Waals surface area contributed by atoms with Crippen LogP contribution in [0.1, 0.15) is 45.9 Å². The summed E-state index contributed by atoms with van der Waals surface area (Å²) < 4.78 is 5.60. The molecule has 0 saturated carbocycles. The molecule has 0 radical (unpaired) electrons. The highest BCUT2D eigenvalue weighted by Gasteiger charge is 2.37. The minimum Gasteiger partial charge on any atom is -0.378 e. The van der Waals surface area contributed by atoms with Crippen molar-refractivity contribution in [2.24, 2.45) is 5.41 Å². The fraction of sp³-hybridized carbons (Fsp3) is 0.393. The van der Waals surface area contributed by atoms with Gasteiger partial charge in [-0.1, -0.05) is 26.0 Å². The van der Waals surface area contributed by atoms with Crippen molar-refractivity contribution in [3.05, 3.63) is 58.6 Å². The Morgan fingerprint density at radius 1 is 1.09 bits per heavy atom. The van der Waals surface area contributed by atoms with E-state index in [2.05, 4.69) is 29.8 Å². The Hall–Kier alpha value is -3.03. The van der Waals surface area contributed by atoms with Crippen molar-refractivity contribution in [3.8, 4) is 22.4 Å². The maximum Gasteiger partial charge on any atom is 0.253 e. The molecule has 2 aromatic heterocycles. The predicted octanol–water partition coefficient (Wildman–Crippen LogP) is 5.17. The Labute approximate surface area is 210 Å². The van der Waals surface area contributed by atoms with Crippen LogP contribution in [-0.4, -0.2) is 62.0 Å². The van der Waals surface area contributed by atoms with Gasteiger partial charge in [0, 0.05) is 56.5 Å². The number of morpholine rings is 1. The van der Waals surface area contributed by atoms with E-state index < -0.39 is 0 Å². The number of pyridine rings is 1. The monoisotopic (exact) mass is 489 g/mol. The molecule has 1 aromatic carbocycles. The van der Waals surface area contributed by atoms with E-state index in [4.69, 9.17) is 4.74 Å². The maximum atomic E-state index is 13.1. The van der Waals surface area contributed by atoms with Crippen molar-refractivity contribution >= 4 is 28.0 Å². The molecule has 182 valence electrons. The topological polar surface area (TPSA) is 62.7 Å². The van der Waals surface area contributed by atoms with Gasteiger partial charge in [-0.2, -0.15) is 0 Å². The number of Topliss-reactive ketones (excluding diaryl/α,β-unsaturated/α-hetero) is 1. The summed E-state index contributed by atoms with van der Waals surface area (Å²) in [5, 5.41) is 1.15. The van der Waals surface area contributed by atoms with Gasteiger partial charge in [0.15, 0.2) is 5.78 Å². The molecule has 1 fully saturated rings.